The number of carbonyl (C=O) groups excluding carboxylic acids is 1. The lowest BCUT2D eigenvalue weighted by Gasteiger charge is -2.30. The van der Waals surface area contributed by atoms with E-state index in [2.05, 4.69) is 20.4 Å². The molecular formula is C20H22N4O4S. The maximum Gasteiger partial charge on any atom is 0.257 e. The first-order chi connectivity index (χ1) is 14.2. The number of benzene rings is 1. The van der Waals surface area contributed by atoms with Gasteiger partial charge < -0.3 is 24.1 Å². The average Bonchev–Trinajstić information content (AvgIpc) is 3.45. The van der Waals surface area contributed by atoms with E-state index in [4.69, 9.17) is 13.9 Å². The second-order valence-corrected chi connectivity index (χ2v) is 7.52. The number of anilines is 1. The summed E-state index contributed by atoms with van der Waals surface area (Å²) in [7, 11) is 1.57. The Morgan fingerprint density at radius 2 is 2.07 bits per heavy atom. The molecule has 0 spiro atoms. The van der Waals surface area contributed by atoms with Gasteiger partial charge >= 0.3 is 0 Å². The van der Waals surface area contributed by atoms with Gasteiger partial charge in [-0.1, -0.05) is 12.1 Å². The number of thiophene rings is 1. The van der Waals surface area contributed by atoms with Crippen molar-refractivity contribution >= 4 is 22.9 Å². The molecule has 1 saturated heterocycles. The summed E-state index contributed by atoms with van der Waals surface area (Å²) in [6.07, 6.45) is 0. The molecule has 152 valence electrons. The van der Waals surface area contributed by atoms with Gasteiger partial charge in [0.15, 0.2) is 5.75 Å². The van der Waals surface area contributed by atoms with Crippen LogP contribution in [-0.2, 0) is 4.74 Å². The Kier molecular flexibility index (Phi) is 5.77. The van der Waals surface area contributed by atoms with Crippen molar-refractivity contribution in [2.45, 2.75) is 13.0 Å². The van der Waals surface area contributed by atoms with E-state index in [1.54, 1.807) is 13.2 Å². The van der Waals surface area contributed by atoms with Crippen LogP contribution in [0, 0.1) is 0 Å². The second kappa shape index (κ2) is 8.62. The molecule has 9 heteroatoms. The number of ether oxygens (including phenoxy) is 2. The van der Waals surface area contributed by atoms with Gasteiger partial charge in [0.05, 0.1) is 36.5 Å². The summed E-state index contributed by atoms with van der Waals surface area (Å²) in [4.78, 5) is 16.0. The zero-order chi connectivity index (χ0) is 20.2. The highest BCUT2D eigenvalue weighted by Gasteiger charge is 2.24. The number of para-hydroxylation sites is 1. The molecule has 1 unspecified atom stereocenters. The monoisotopic (exact) mass is 414 g/mol. The largest absolute Gasteiger partial charge is 0.494 e. The molecule has 0 saturated carbocycles. The number of aromatic nitrogens is 2. The minimum Gasteiger partial charge on any atom is -0.494 e. The van der Waals surface area contributed by atoms with Crippen LogP contribution in [0.5, 0.6) is 5.75 Å². The summed E-state index contributed by atoms with van der Waals surface area (Å²) >= 11 is 1.52. The number of rotatable bonds is 6. The molecule has 1 aliphatic rings. The first-order valence-corrected chi connectivity index (χ1v) is 10.2. The maximum atomic E-state index is 13.0. The van der Waals surface area contributed by atoms with Gasteiger partial charge in [-0.3, -0.25) is 4.79 Å². The molecule has 1 aliphatic heterocycles. The smallest absolute Gasteiger partial charge is 0.257 e. The molecule has 8 nitrogen and oxygen atoms in total. The third-order valence-electron chi connectivity index (χ3n) is 4.69. The van der Waals surface area contributed by atoms with E-state index >= 15 is 0 Å². The number of hydrogen-bond donors (Lipinski definition) is 1. The Balaban J connectivity index is 1.52. The highest BCUT2D eigenvalue weighted by Crippen LogP contribution is 2.33. The van der Waals surface area contributed by atoms with E-state index < -0.39 is 6.04 Å². The number of nitrogens with one attached hydrogen (secondary N) is 1. The molecule has 1 fully saturated rings. The summed E-state index contributed by atoms with van der Waals surface area (Å²) < 4.78 is 16.7. The van der Waals surface area contributed by atoms with Gasteiger partial charge in [0.25, 0.3) is 11.8 Å². The van der Waals surface area contributed by atoms with Crippen LogP contribution >= 0.6 is 11.3 Å². The van der Waals surface area contributed by atoms with Crippen LogP contribution in [0.15, 0.2) is 40.1 Å². The van der Waals surface area contributed by atoms with Crippen LogP contribution in [0.4, 0.5) is 5.69 Å². The summed E-state index contributed by atoms with van der Waals surface area (Å²) in [6, 6.07) is 8.94. The lowest BCUT2D eigenvalue weighted by atomic mass is 10.1. The van der Waals surface area contributed by atoms with Crippen molar-refractivity contribution in [1.29, 1.82) is 0 Å². The van der Waals surface area contributed by atoms with Crippen molar-refractivity contribution in [3.8, 4) is 16.5 Å². The third kappa shape index (κ3) is 4.10. The van der Waals surface area contributed by atoms with Crippen LogP contribution < -0.4 is 15.0 Å². The average molecular weight is 414 g/mol. The van der Waals surface area contributed by atoms with Crippen LogP contribution in [0.1, 0.15) is 29.2 Å². The standard InChI is InChI=1S/C20H22N4O4S/c1-13(19-22-23-20(28-19)16-7-4-12-29-16)21-18(25)14-5-3-6-15(17(14)26-2)24-8-10-27-11-9-24/h3-7,12-13H,8-11H2,1-2H3,(H,21,25). The molecule has 1 amide bonds. The number of amides is 1. The van der Waals surface area contributed by atoms with Crippen molar-refractivity contribution in [1.82, 2.24) is 15.5 Å². The van der Waals surface area contributed by atoms with Crippen molar-refractivity contribution in [2.24, 2.45) is 0 Å². The zero-order valence-electron chi connectivity index (χ0n) is 16.3. The molecule has 1 atom stereocenters. The number of morpholine rings is 1. The summed E-state index contributed by atoms with van der Waals surface area (Å²) in [5.74, 6) is 1.08. The van der Waals surface area contributed by atoms with Crippen molar-refractivity contribution in [3.05, 3.63) is 47.2 Å². The van der Waals surface area contributed by atoms with E-state index in [1.165, 1.54) is 11.3 Å². The fraction of sp³-hybridized carbons (Fsp3) is 0.350. The number of hydrogen-bond acceptors (Lipinski definition) is 8. The minimum absolute atomic E-state index is 0.264. The number of nitrogens with zero attached hydrogens (tertiary/aromatic N) is 3. The fourth-order valence-electron chi connectivity index (χ4n) is 3.22. The number of methoxy groups -OCH3 is 1. The molecule has 3 aromatic rings. The Hall–Kier alpha value is -2.91. The zero-order valence-corrected chi connectivity index (χ0v) is 17.1. The van der Waals surface area contributed by atoms with Crippen molar-refractivity contribution in [3.63, 3.8) is 0 Å². The molecule has 0 radical (unpaired) electrons. The Bertz CT molecular complexity index is 967. The van der Waals surface area contributed by atoms with Gasteiger partial charge in [-0.2, -0.15) is 0 Å². The van der Waals surface area contributed by atoms with E-state index in [0.717, 1.165) is 23.7 Å². The molecule has 0 aliphatic carbocycles. The van der Waals surface area contributed by atoms with Crippen LogP contribution in [0.25, 0.3) is 10.8 Å². The lowest BCUT2D eigenvalue weighted by Crippen LogP contribution is -2.36. The highest BCUT2D eigenvalue weighted by molar-refractivity contribution is 7.13. The predicted molar refractivity (Wildman–Crippen MR) is 110 cm³/mol. The quantitative estimate of drug-likeness (QED) is 0.663. The maximum absolute atomic E-state index is 13.0. The van der Waals surface area contributed by atoms with Gasteiger partial charge in [0, 0.05) is 13.1 Å². The van der Waals surface area contributed by atoms with Crippen molar-refractivity contribution in [2.75, 3.05) is 38.3 Å². The Morgan fingerprint density at radius 3 is 2.79 bits per heavy atom. The fourth-order valence-corrected chi connectivity index (χ4v) is 3.86. The van der Waals surface area contributed by atoms with Crippen LogP contribution in [0.2, 0.25) is 0 Å². The molecule has 0 bridgehead atoms. The normalized spacial score (nSPS) is 15.2. The predicted octanol–water partition coefficient (Wildman–Crippen LogP) is 3.13. The van der Waals surface area contributed by atoms with Gasteiger partial charge in [0.1, 0.15) is 6.04 Å². The third-order valence-corrected chi connectivity index (χ3v) is 5.54. The topological polar surface area (TPSA) is 89.7 Å². The molecular weight excluding hydrogens is 392 g/mol. The molecule has 29 heavy (non-hydrogen) atoms. The SMILES string of the molecule is COc1c(C(=O)NC(C)c2nnc(-c3cccs3)o2)cccc1N1CCOCC1. The van der Waals surface area contributed by atoms with Crippen molar-refractivity contribution < 1.29 is 18.7 Å². The Labute approximate surface area is 172 Å². The van der Waals surface area contributed by atoms with E-state index in [9.17, 15) is 4.79 Å². The lowest BCUT2D eigenvalue weighted by molar-refractivity contribution is 0.0931. The van der Waals surface area contributed by atoms with Gasteiger partial charge in [-0.05, 0) is 30.5 Å². The van der Waals surface area contributed by atoms with Gasteiger partial charge in [-0.15, -0.1) is 21.5 Å². The summed E-state index contributed by atoms with van der Waals surface area (Å²) in [5, 5.41) is 13.0. The van der Waals surface area contributed by atoms with Crippen LogP contribution in [-0.4, -0.2) is 49.5 Å². The van der Waals surface area contributed by atoms with E-state index in [0.29, 0.717) is 36.3 Å². The Morgan fingerprint density at radius 1 is 1.24 bits per heavy atom. The first kappa shape index (κ1) is 19.4. The highest BCUT2D eigenvalue weighted by atomic mass is 32.1. The van der Waals surface area contributed by atoms with E-state index in [1.807, 2.05) is 36.6 Å². The molecule has 4 rings (SSSR count). The minimum atomic E-state index is -0.444. The molecule has 2 aromatic heterocycles. The summed E-state index contributed by atoms with van der Waals surface area (Å²) in [5.41, 5.74) is 1.34. The first-order valence-electron chi connectivity index (χ1n) is 9.35. The molecule has 3 heterocycles. The molecule has 1 aromatic carbocycles. The number of carbonyl (C=O) groups is 1. The van der Waals surface area contributed by atoms with Gasteiger partial charge in [-0.25, -0.2) is 0 Å². The summed E-state index contributed by atoms with van der Waals surface area (Å²) in [6.45, 7) is 4.62. The van der Waals surface area contributed by atoms with Gasteiger partial charge in [0.2, 0.25) is 5.89 Å². The van der Waals surface area contributed by atoms with E-state index in [-0.39, 0.29) is 5.91 Å². The molecule has 1 N–H and O–H groups in total. The second-order valence-electron chi connectivity index (χ2n) is 6.58. The van der Waals surface area contributed by atoms with Crippen LogP contribution in [0.3, 0.4) is 0 Å².